The number of carboxylic acid groups (broad SMARTS) is 2. The third kappa shape index (κ3) is 4.03. The zero-order chi connectivity index (χ0) is 21.3. The maximum Gasteiger partial charge on any atom is 0.326 e. The summed E-state index contributed by atoms with van der Waals surface area (Å²) in [7, 11) is -4.04. The molecule has 3 rings (SSSR count). The highest BCUT2D eigenvalue weighted by Crippen LogP contribution is 2.36. The van der Waals surface area contributed by atoms with Crippen molar-refractivity contribution in [3.63, 3.8) is 0 Å². The van der Waals surface area contributed by atoms with E-state index in [0.29, 0.717) is 19.4 Å². The van der Waals surface area contributed by atoms with E-state index >= 15 is 0 Å². The van der Waals surface area contributed by atoms with Gasteiger partial charge in [-0.15, -0.1) is 0 Å². The van der Waals surface area contributed by atoms with Gasteiger partial charge in [0.15, 0.2) is 0 Å². The number of nitrogens with zero attached hydrogens (tertiary/aromatic N) is 3. The Bertz CT molecular complexity index is 940. The Balaban J connectivity index is 1.91. The SMILES string of the molecule is O=C(O)C1CCN(S(=O)(=O)c2ccc(N3CCC[C@@H]3C(=O)O)c([N+](=O)[O-])c2)CC1. The Morgan fingerprint density at radius 2 is 1.72 bits per heavy atom. The topological polar surface area (TPSA) is 158 Å². The van der Waals surface area contributed by atoms with E-state index in [4.69, 9.17) is 5.11 Å². The zero-order valence-electron chi connectivity index (χ0n) is 15.4. The van der Waals surface area contributed by atoms with Crippen molar-refractivity contribution in [2.45, 2.75) is 36.6 Å². The van der Waals surface area contributed by atoms with Crippen molar-refractivity contribution in [1.29, 1.82) is 0 Å². The Labute approximate surface area is 166 Å². The van der Waals surface area contributed by atoms with Crippen molar-refractivity contribution in [2.24, 2.45) is 5.92 Å². The van der Waals surface area contributed by atoms with Crippen LogP contribution in [-0.4, -0.2) is 65.5 Å². The number of anilines is 1. The highest BCUT2D eigenvalue weighted by molar-refractivity contribution is 7.89. The molecule has 1 aromatic rings. The second kappa shape index (κ2) is 7.95. The minimum absolute atomic E-state index is 0.0159. The summed E-state index contributed by atoms with van der Waals surface area (Å²) in [5.74, 6) is -2.67. The molecule has 158 valence electrons. The average molecular weight is 427 g/mol. The predicted molar refractivity (Wildman–Crippen MR) is 100 cm³/mol. The van der Waals surface area contributed by atoms with Crippen LogP contribution in [0.4, 0.5) is 11.4 Å². The van der Waals surface area contributed by atoms with Crippen molar-refractivity contribution in [3.8, 4) is 0 Å². The molecule has 29 heavy (non-hydrogen) atoms. The lowest BCUT2D eigenvalue weighted by Crippen LogP contribution is -2.40. The number of piperidine rings is 1. The van der Waals surface area contributed by atoms with Crippen molar-refractivity contribution in [1.82, 2.24) is 4.31 Å². The summed E-state index contributed by atoms with van der Waals surface area (Å²) in [4.78, 5) is 34.5. The Hall–Kier alpha value is -2.73. The Kier molecular flexibility index (Phi) is 5.75. The van der Waals surface area contributed by atoms with Crippen LogP contribution in [0.25, 0.3) is 0 Å². The molecule has 0 bridgehead atoms. The lowest BCUT2D eigenvalue weighted by atomic mass is 9.99. The van der Waals surface area contributed by atoms with Gasteiger partial charge in [0.1, 0.15) is 11.7 Å². The van der Waals surface area contributed by atoms with E-state index < -0.39 is 44.5 Å². The second-order valence-electron chi connectivity index (χ2n) is 7.11. The summed E-state index contributed by atoms with van der Waals surface area (Å²) in [5.41, 5.74) is -0.400. The normalized spacial score (nSPS) is 21.2. The summed E-state index contributed by atoms with van der Waals surface area (Å²) >= 11 is 0. The molecule has 2 fully saturated rings. The molecule has 0 amide bonds. The molecule has 2 N–H and O–H groups in total. The van der Waals surface area contributed by atoms with Gasteiger partial charge in [0.05, 0.1) is 15.7 Å². The lowest BCUT2D eigenvalue weighted by Gasteiger charge is -2.29. The Morgan fingerprint density at radius 3 is 2.28 bits per heavy atom. The molecule has 1 atom stereocenters. The number of sulfonamides is 1. The third-order valence-electron chi connectivity index (χ3n) is 5.43. The first-order chi connectivity index (χ1) is 13.6. The van der Waals surface area contributed by atoms with Gasteiger partial charge in [0, 0.05) is 25.7 Å². The van der Waals surface area contributed by atoms with E-state index in [1.165, 1.54) is 17.0 Å². The van der Waals surface area contributed by atoms with Crippen LogP contribution in [0.5, 0.6) is 0 Å². The van der Waals surface area contributed by atoms with Gasteiger partial charge in [-0.2, -0.15) is 4.31 Å². The van der Waals surface area contributed by atoms with Crippen LogP contribution >= 0.6 is 0 Å². The number of nitro groups is 1. The number of hydrogen-bond acceptors (Lipinski definition) is 7. The smallest absolute Gasteiger partial charge is 0.326 e. The third-order valence-corrected chi connectivity index (χ3v) is 7.33. The predicted octanol–water partition coefficient (Wildman–Crippen LogP) is 1.13. The number of rotatable bonds is 6. The van der Waals surface area contributed by atoms with Gasteiger partial charge in [0.2, 0.25) is 10.0 Å². The first kappa shape index (κ1) is 21.0. The van der Waals surface area contributed by atoms with Crippen LogP contribution in [0, 0.1) is 16.0 Å². The fourth-order valence-electron chi connectivity index (χ4n) is 3.86. The minimum atomic E-state index is -4.04. The van der Waals surface area contributed by atoms with E-state index in [1.54, 1.807) is 0 Å². The molecule has 2 saturated heterocycles. The minimum Gasteiger partial charge on any atom is -0.481 e. The molecule has 2 aliphatic heterocycles. The summed E-state index contributed by atoms with van der Waals surface area (Å²) < 4.78 is 26.9. The number of aliphatic carboxylic acids is 2. The molecule has 11 nitrogen and oxygen atoms in total. The molecular weight excluding hydrogens is 406 g/mol. The van der Waals surface area contributed by atoms with Gasteiger partial charge in [-0.05, 0) is 37.8 Å². The molecule has 0 radical (unpaired) electrons. The van der Waals surface area contributed by atoms with Crippen LogP contribution in [-0.2, 0) is 19.6 Å². The van der Waals surface area contributed by atoms with Gasteiger partial charge < -0.3 is 15.1 Å². The fourth-order valence-corrected chi connectivity index (χ4v) is 5.35. The van der Waals surface area contributed by atoms with Crippen LogP contribution in [0.15, 0.2) is 23.1 Å². The number of carbonyl (C=O) groups is 2. The molecule has 1 aromatic carbocycles. The molecule has 0 spiro atoms. The van der Waals surface area contributed by atoms with Crippen molar-refractivity contribution < 1.29 is 33.1 Å². The van der Waals surface area contributed by atoms with Gasteiger partial charge in [-0.25, -0.2) is 13.2 Å². The molecule has 12 heteroatoms. The highest BCUT2D eigenvalue weighted by Gasteiger charge is 2.37. The largest absolute Gasteiger partial charge is 0.481 e. The van der Waals surface area contributed by atoms with Crippen LogP contribution in [0.3, 0.4) is 0 Å². The van der Waals surface area contributed by atoms with Gasteiger partial charge in [0.25, 0.3) is 5.69 Å². The lowest BCUT2D eigenvalue weighted by molar-refractivity contribution is -0.384. The molecule has 0 aliphatic carbocycles. The second-order valence-corrected chi connectivity index (χ2v) is 9.05. The average Bonchev–Trinajstić information content (AvgIpc) is 3.17. The van der Waals surface area contributed by atoms with Crippen LogP contribution in [0.2, 0.25) is 0 Å². The Morgan fingerprint density at radius 1 is 1.07 bits per heavy atom. The van der Waals surface area contributed by atoms with Crippen LogP contribution in [0.1, 0.15) is 25.7 Å². The first-order valence-electron chi connectivity index (χ1n) is 9.13. The van der Waals surface area contributed by atoms with Crippen molar-refractivity contribution in [3.05, 3.63) is 28.3 Å². The summed E-state index contributed by atoms with van der Waals surface area (Å²) in [6.45, 7) is 0.358. The summed E-state index contributed by atoms with van der Waals surface area (Å²) in [6.07, 6.45) is 1.25. The number of carboxylic acids is 2. The maximum absolute atomic E-state index is 12.9. The van der Waals surface area contributed by atoms with E-state index in [2.05, 4.69) is 0 Å². The molecule has 0 aromatic heterocycles. The van der Waals surface area contributed by atoms with E-state index in [1.807, 2.05) is 0 Å². The maximum atomic E-state index is 12.9. The zero-order valence-corrected chi connectivity index (χ0v) is 16.2. The van der Waals surface area contributed by atoms with E-state index in [0.717, 1.165) is 10.4 Å². The quantitative estimate of drug-likeness (QED) is 0.501. The van der Waals surface area contributed by atoms with Gasteiger partial charge >= 0.3 is 11.9 Å². The van der Waals surface area contributed by atoms with Gasteiger partial charge in [-0.1, -0.05) is 0 Å². The molecule has 0 saturated carbocycles. The number of hydrogen-bond donors (Lipinski definition) is 2. The molecule has 2 aliphatic rings. The van der Waals surface area contributed by atoms with Crippen molar-refractivity contribution in [2.75, 3.05) is 24.5 Å². The number of benzene rings is 1. The van der Waals surface area contributed by atoms with Crippen molar-refractivity contribution >= 4 is 33.3 Å². The van der Waals surface area contributed by atoms with Gasteiger partial charge in [-0.3, -0.25) is 14.9 Å². The molecule has 0 unspecified atom stereocenters. The standard InChI is InChI=1S/C17H21N3O8S/c21-16(22)11-5-8-18(9-6-11)29(27,28)12-3-4-13(15(10-12)20(25)26)19-7-1-2-14(19)17(23)24/h3-4,10-11,14H,1-2,5-9H2,(H,21,22)(H,23,24)/t14-/m1/s1. The van der Waals surface area contributed by atoms with E-state index in [-0.39, 0.29) is 36.5 Å². The van der Waals surface area contributed by atoms with Crippen LogP contribution < -0.4 is 4.90 Å². The summed E-state index contributed by atoms with van der Waals surface area (Å²) in [5, 5.41) is 30.0. The summed E-state index contributed by atoms with van der Waals surface area (Å²) in [6, 6.07) is 2.56. The molecular formula is C17H21N3O8S. The number of nitro benzene ring substituents is 1. The fraction of sp³-hybridized carbons (Fsp3) is 0.529. The molecule has 2 heterocycles. The highest BCUT2D eigenvalue weighted by atomic mass is 32.2. The monoisotopic (exact) mass is 427 g/mol. The first-order valence-corrected chi connectivity index (χ1v) is 10.6. The van der Waals surface area contributed by atoms with E-state index in [9.17, 15) is 33.2 Å².